The molecule has 0 radical (unpaired) electrons. The third-order valence-electron chi connectivity index (χ3n) is 3.60. The van der Waals surface area contributed by atoms with Gasteiger partial charge in [0.1, 0.15) is 5.69 Å². The van der Waals surface area contributed by atoms with Crippen molar-refractivity contribution in [3.05, 3.63) is 15.8 Å². The van der Waals surface area contributed by atoms with Crippen LogP contribution in [0, 0.1) is 17.0 Å². The Morgan fingerprint density at radius 2 is 1.58 bits per heavy atom. The summed E-state index contributed by atoms with van der Waals surface area (Å²) in [6.45, 7) is 2.05. The molecular formula is C15H27N5O6. The van der Waals surface area contributed by atoms with E-state index in [9.17, 15) is 20.3 Å². The van der Waals surface area contributed by atoms with Crippen molar-refractivity contribution in [2.75, 3.05) is 64.4 Å². The van der Waals surface area contributed by atoms with Crippen LogP contribution in [0.5, 0.6) is 0 Å². The Morgan fingerprint density at radius 3 is 2.04 bits per heavy atom. The van der Waals surface area contributed by atoms with E-state index in [0.717, 1.165) is 0 Å². The molecule has 0 aliphatic carbocycles. The molecular weight excluding hydrogens is 346 g/mol. The lowest BCUT2D eigenvalue weighted by Gasteiger charge is -2.25. The fourth-order valence-electron chi connectivity index (χ4n) is 2.48. The zero-order chi connectivity index (χ0) is 19.9. The van der Waals surface area contributed by atoms with E-state index < -0.39 is 17.1 Å². The quantitative estimate of drug-likeness (QED) is 0.389. The molecule has 0 spiro atoms. The topological polar surface area (TPSA) is 134 Å². The average molecular weight is 373 g/mol. The van der Waals surface area contributed by atoms with Crippen LogP contribution in [0.3, 0.4) is 0 Å². The Hall–Kier alpha value is -2.08. The number of aliphatic hydroxyl groups excluding tert-OH is 2. The zero-order valence-corrected chi connectivity index (χ0v) is 15.7. The lowest BCUT2D eigenvalue weighted by atomic mass is 10.3. The monoisotopic (exact) mass is 373 g/mol. The molecule has 148 valence electrons. The first-order valence-electron chi connectivity index (χ1n) is 8.00. The van der Waals surface area contributed by atoms with Gasteiger partial charge in [-0.05, 0) is 6.92 Å². The van der Waals surface area contributed by atoms with Gasteiger partial charge in [-0.1, -0.05) is 0 Å². The van der Waals surface area contributed by atoms with Gasteiger partial charge >= 0.3 is 5.69 Å². The van der Waals surface area contributed by atoms with Crippen molar-refractivity contribution < 1.29 is 24.6 Å². The number of methoxy groups -OCH3 is 2. The van der Waals surface area contributed by atoms with Gasteiger partial charge in [0.25, 0.3) is 0 Å². The van der Waals surface area contributed by atoms with Crippen LogP contribution >= 0.6 is 0 Å². The van der Waals surface area contributed by atoms with Crippen molar-refractivity contribution in [2.24, 2.45) is 0 Å². The minimum Gasteiger partial charge on any atom is -0.389 e. The van der Waals surface area contributed by atoms with Gasteiger partial charge in [-0.25, -0.2) is 4.98 Å². The molecule has 0 saturated heterocycles. The maximum absolute atomic E-state index is 11.4. The van der Waals surface area contributed by atoms with Crippen LogP contribution in [-0.4, -0.2) is 91.9 Å². The Labute approximate surface area is 152 Å². The summed E-state index contributed by atoms with van der Waals surface area (Å²) in [6, 6.07) is 0. The summed E-state index contributed by atoms with van der Waals surface area (Å²) < 4.78 is 9.77. The van der Waals surface area contributed by atoms with Gasteiger partial charge in [0, 0.05) is 41.4 Å². The maximum Gasteiger partial charge on any atom is 0.332 e. The van der Waals surface area contributed by atoms with Crippen LogP contribution in [0.4, 0.5) is 17.5 Å². The third kappa shape index (κ3) is 6.02. The minimum atomic E-state index is -0.829. The van der Waals surface area contributed by atoms with E-state index in [0.29, 0.717) is 0 Å². The van der Waals surface area contributed by atoms with Crippen LogP contribution in [0.1, 0.15) is 5.69 Å². The Balaban J connectivity index is 3.16. The van der Waals surface area contributed by atoms with Gasteiger partial charge in [0.2, 0.25) is 11.8 Å². The summed E-state index contributed by atoms with van der Waals surface area (Å²) >= 11 is 0. The molecule has 26 heavy (non-hydrogen) atoms. The van der Waals surface area contributed by atoms with Gasteiger partial charge in [-0.15, -0.1) is 0 Å². The fourth-order valence-corrected chi connectivity index (χ4v) is 2.48. The number of nitro groups is 1. The van der Waals surface area contributed by atoms with Gasteiger partial charge in [-0.3, -0.25) is 10.1 Å². The van der Waals surface area contributed by atoms with Gasteiger partial charge in [0.05, 0.1) is 30.3 Å². The summed E-state index contributed by atoms with van der Waals surface area (Å²) in [4.78, 5) is 22.4. The minimum absolute atomic E-state index is 0.0840. The number of likely N-dealkylation sites (N-methyl/N-ethyl adjacent to an activating group) is 2. The van der Waals surface area contributed by atoms with E-state index in [1.165, 1.54) is 26.0 Å². The summed E-state index contributed by atoms with van der Waals surface area (Å²) in [6.07, 6.45) is -1.58. The molecule has 0 aliphatic heterocycles. The van der Waals surface area contributed by atoms with Gasteiger partial charge in [-0.2, -0.15) is 4.98 Å². The predicted octanol–water partition coefficient (Wildman–Crippen LogP) is -0.420. The summed E-state index contributed by atoms with van der Waals surface area (Å²) in [5.74, 6) is 0.312. The van der Waals surface area contributed by atoms with Crippen molar-refractivity contribution in [1.29, 1.82) is 0 Å². The number of rotatable bonds is 11. The summed E-state index contributed by atoms with van der Waals surface area (Å²) in [5, 5.41) is 31.2. The second-order valence-corrected chi connectivity index (χ2v) is 6.02. The molecule has 0 saturated carbocycles. The molecule has 2 N–H and O–H groups in total. The molecule has 0 fully saturated rings. The third-order valence-corrected chi connectivity index (χ3v) is 3.60. The number of aryl methyl sites for hydroxylation is 1. The van der Waals surface area contributed by atoms with Crippen LogP contribution in [0.2, 0.25) is 0 Å². The number of anilines is 2. The number of hydrogen-bond donors (Lipinski definition) is 2. The Kier molecular flexibility index (Phi) is 8.58. The van der Waals surface area contributed by atoms with E-state index in [1.54, 1.807) is 19.0 Å². The smallest absolute Gasteiger partial charge is 0.332 e. The lowest BCUT2D eigenvalue weighted by Crippen LogP contribution is -2.35. The van der Waals surface area contributed by atoms with Crippen LogP contribution in [-0.2, 0) is 9.47 Å². The van der Waals surface area contributed by atoms with Crippen molar-refractivity contribution in [3.63, 3.8) is 0 Å². The highest BCUT2D eigenvalue weighted by Crippen LogP contribution is 2.30. The molecule has 11 heteroatoms. The van der Waals surface area contributed by atoms with E-state index in [1.807, 2.05) is 0 Å². The van der Waals surface area contributed by atoms with Crippen molar-refractivity contribution in [2.45, 2.75) is 19.1 Å². The maximum atomic E-state index is 11.4. The Morgan fingerprint density at radius 1 is 1.08 bits per heavy atom. The molecule has 0 unspecified atom stereocenters. The SMILES string of the molecule is COC[C@@H](O)CN(C)c1nc(C)c([N+](=O)[O-])c(N(C)C[C@@H](O)COC)n1. The molecule has 1 rings (SSSR count). The van der Waals surface area contributed by atoms with Crippen molar-refractivity contribution in [3.8, 4) is 0 Å². The molecule has 0 amide bonds. The number of aliphatic hydroxyl groups is 2. The highest BCUT2D eigenvalue weighted by atomic mass is 16.6. The zero-order valence-electron chi connectivity index (χ0n) is 15.7. The molecule has 0 aliphatic rings. The molecule has 1 aromatic rings. The second-order valence-electron chi connectivity index (χ2n) is 6.02. The molecule has 2 atom stereocenters. The molecule has 0 aromatic carbocycles. The van der Waals surface area contributed by atoms with Crippen LogP contribution in [0.25, 0.3) is 0 Å². The average Bonchev–Trinajstić information content (AvgIpc) is 2.53. The molecule has 1 aromatic heterocycles. The lowest BCUT2D eigenvalue weighted by molar-refractivity contribution is -0.385. The van der Waals surface area contributed by atoms with Gasteiger partial charge < -0.3 is 29.5 Å². The standard InChI is InChI=1S/C15H27N5O6/c1-10-13(20(23)24)14(18(2)6-11(21)8-25-4)17-15(16-10)19(3)7-12(22)9-26-5/h11-12,21-22H,6-9H2,1-5H3/t11-,12+/m1/s1. The molecule has 0 bridgehead atoms. The predicted molar refractivity (Wildman–Crippen MR) is 95.7 cm³/mol. The Bertz CT molecular complexity index is 602. The van der Waals surface area contributed by atoms with Crippen molar-refractivity contribution in [1.82, 2.24) is 9.97 Å². The first-order valence-corrected chi connectivity index (χ1v) is 8.00. The van der Waals surface area contributed by atoms with Crippen LogP contribution in [0.15, 0.2) is 0 Å². The fraction of sp³-hybridized carbons (Fsp3) is 0.733. The largest absolute Gasteiger partial charge is 0.389 e. The summed E-state index contributed by atoms with van der Waals surface area (Å²) in [5.41, 5.74) is -0.0390. The van der Waals surface area contributed by atoms with E-state index in [-0.39, 0.29) is 49.5 Å². The van der Waals surface area contributed by atoms with E-state index in [4.69, 9.17) is 9.47 Å². The van der Waals surface area contributed by atoms with Crippen molar-refractivity contribution >= 4 is 17.5 Å². The number of aromatic nitrogens is 2. The van der Waals surface area contributed by atoms with Crippen LogP contribution < -0.4 is 9.80 Å². The first-order chi connectivity index (χ1) is 12.2. The first kappa shape index (κ1) is 22.0. The highest BCUT2D eigenvalue weighted by Gasteiger charge is 2.27. The van der Waals surface area contributed by atoms with Gasteiger partial charge in [0.15, 0.2) is 0 Å². The highest BCUT2D eigenvalue weighted by molar-refractivity contribution is 5.62. The number of ether oxygens (including phenoxy) is 2. The molecule has 11 nitrogen and oxygen atoms in total. The second kappa shape index (κ2) is 10.2. The normalized spacial score (nSPS) is 13.3. The number of nitrogens with zero attached hydrogens (tertiary/aromatic N) is 5. The van der Waals surface area contributed by atoms with E-state index in [2.05, 4.69) is 9.97 Å². The number of hydrogen-bond acceptors (Lipinski definition) is 10. The molecule has 1 heterocycles. The summed E-state index contributed by atoms with van der Waals surface area (Å²) in [7, 11) is 6.20. The van der Waals surface area contributed by atoms with E-state index >= 15 is 0 Å².